The van der Waals surface area contributed by atoms with Crippen LogP contribution in [0.4, 0.5) is 4.79 Å². The van der Waals surface area contributed by atoms with Crippen LogP contribution in [0.15, 0.2) is 0 Å². The van der Waals surface area contributed by atoms with Crippen molar-refractivity contribution in [2.24, 2.45) is 0 Å². The predicted octanol–water partition coefficient (Wildman–Crippen LogP) is 0.443. The SMILES string of the molecule is CCN(CC(=O)O)C(=O)NCC(C)(C)N(C)C. The number of rotatable bonds is 6. The molecule has 0 aliphatic heterocycles. The van der Waals surface area contributed by atoms with E-state index in [0.717, 1.165) is 0 Å². The second-order valence-electron chi connectivity index (χ2n) is 4.77. The van der Waals surface area contributed by atoms with Gasteiger partial charge in [-0.25, -0.2) is 4.79 Å². The van der Waals surface area contributed by atoms with Gasteiger partial charge in [0.2, 0.25) is 0 Å². The van der Waals surface area contributed by atoms with Crippen LogP contribution in [0.1, 0.15) is 20.8 Å². The highest BCUT2D eigenvalue weighted by Crippen LogP contribution is 2.07. The lowest BCUT2D eigenvalue weighted by Crippen LogP contribution is -2.51. The summed E-state index contributed by atoms with van der Waals surface area (Å²) in [5.74, 6) is -1.01. The summed E-state index contributed by atoms with van der Waals surface area (Å²) in [5, 5.41) is 11.4. The molecule has 0 bridgehead atoms. The molecular weight excluding hydrogens is 222 g/mol. The number of nitrogens with one attached hydrogen (secondary N) is 1. The van der Waals surface area contributed by atoms with Crippen molar-refractivity contribution in [3.05, 3.63) is 0 Å². The summed E-state index contributed by atoms with van der Waals surface area (Å²) in [6, 6.07) is -0.343. The number of carbonyl (C=O) groups is 2. The maximum atomic E-state index is 11.7. The van der Waals surface area contributed by atoms with Crippen LogP contribution in [-0.2, 0) is 4.79 Å². The summed E-state index contributed by atoms with van der Waals surface area (Å²) in [6.07, 6.45) is 0. The van der Waals surface area contributed by atoms with Crippen molar-refractivity contribution >= 4 is 12.0 Å². The standard InChI is InChI=1S/C11H23N3O3/c1-6-14(7-9(15)16)10(17)12-8-11(2,3)13(4)5/h6-8H2,1-5H3,(H,12,17)(H,15,16). The Morgan fingerprint density at radius 1 is 1.29 bits per heavy atom. The fourth-order valence-electron chi connectivity index (χ4n) is 1.05. The molecule has 0 spiro atoms. The summed E-state index contributed by atoms with van der Waals surface area (Å²) in [5.41, 5.74) is -0.168. The third-order valence-electron chi connectivity index (χ3n) is 2.88. The van der Waals surface area contributed by atoms with Gasteiger partial charge in [0.15, 0.2) is 0 Å². The minimum absolute atomic E-state index is 0.168. The highest BCUT2D eigenvalue weighted by molar-refractivity contribution is 5.80. The van der Waals surface area contributed by atoms with Crippen LogP contribution in [0.25, 0.3) is 0 Å². The van der Waals surface area contributed by atoms with Gasteiger partial charge in [0.05, 0.1) is 0 Å². The molecule has 17 heavy (non-hydrogen) atoms. The maximum absolute atomic E-state index is 11.7. The number of hydrogen-bond acceptors (Lipinski definition) is 3. The lowest BCUT2D eigenvalue weighted by Gasteiger charge is -2.33. The molecule has 0 aliphatic carbocycles. The maximum Gasteiger partial charge on any atom is 0.323 e. The summed E-state index contributed by atoms with van der Waals surface area (Å²) >= 11 is 0. The molecule has 0 unspecified atom stereocenters. The first-order valence-electron chi connectivity index (χ1n) is 5.62. The van der Waals surface area contributed by atoms with E-state index in [1.807, 2.05) is 32.8 Å². The van der Waals surface area contributed by atoms with Crippen molar-refractivity contribution in [1.29, 1.82) is 0 Å². The van der Waals surface area contributed by atoms with Crippen molar-refractivity contribution < 1.29 is 14.7 Å². The molecule has 0 heterocycles. The van der Waals surface area contributed by atoms with Gasteiger partial charge in [-0.15, -0.1) is 0 Å². The van der Waals surface area contributed by atoms with Crippen molar-refractivity contribution in [3.8, 4) is 0 Å². The smallest absolute Gasteiger partial charge is 0.323 e. The number of urea groups is 1. The molecule has 0 saturated heterocycles. The Kier molecular flexibility index (Phi) is 5.95. The van der Waals surface area contributed by atoms with E-state index in [4.69, 9.17) is 5.11 Å². The van der Waals surface area contributed by atoms with Gasteiger partial charge in [0.1, 0.15) is 6.54 Å². The van der Waals surface area contributed by atoms with E-state index in [-0.39, 0.29) is 18.1 Å². The second-order valence-corrected chi connectivity index (χ2v) is 4.77. The zero-order valence-electron chi connectivity index (χ0n) is 11.3. The van der Waals surface area contributed by atoms with Crippen LogP contribution in [0.2, 0.25) is 0 Å². The number of aliphatic carboxylic acids is 1. The zero-order valence-corrected chi connectivity index (χ0v) is 11.3. The molecule has 0 aromatic rings. The number of nitrogens with zero attached hydrogens (tertiary/aromatic N) is 2. The third-order valence-corrected chi connectivity index (χ3v) is 2.88. The summed E-state index contributed by atoms with van der Waals surface area (Å²) in [4.78, 5) is 25.5. The van der Waals surface area contributed by atoms with Crippen LogP contribution in [-0.4, -0.2) is 66.2 Å². The molecule has 0 atom stereocenters. The molecule has 2 N–H and O–H groups in total. The fraction of sp³-hybridized carbons (Fsp3) is 0.818. The van der Waals surface area contributed by atoms with Crippen molar-refractivity contribution in [2.45, 2.75) is 26.3 Å². The normalized spacial score (nSPS) is 11.4. The van der Waals surface area contributed by atoms with Crippen LogP contribution in [0.5, 0.6) is 0 Å². The van der Waals surface area contributed by atoms with Gasteiger partial charge in [-0.2, -0.15) is 0 Å². The van der Waals surface area contributed by atoms with E-state index < -0.39 is 5.97 Å². The Labute approximate surface area is 103 Å². The minimum atomic E-state index is -1.01. The monoisotopic (exact) mass is 245 g/mol. The number of hydrogen-bond donors (Lipinski definition) is 2. The largest absolute Gasteiger partial charge is 0.480 e. The van der Waals surface area contributed by atoms with E-state index in [1.165, 1.54) is 4.90 Å². The Morgan fingerprint density at radius 3 is 2.18 bits per heavy atom. The topological polar surface area (TPSA) is 72.9 Å². The average molecular weight is 245 g/mol. The number of carboxylic acid groups (broad SMARTS) is 1. The third kappa shape index (κ3) is 5.53. The van der Waals surface area contributed by atoms with Crippen molar-refractivity contribution in [2.75, 3.05) is 33.7 Å². The first-order valence-corrected chi connectivity index (χ1v) is 5.62. The lowest BCUT2D eigenvalue weighted by atomic mass is 10.0. The first kappa shape index (κ1) is 15.7. The van der Waals surface area contributed by atoms with Gasteiger partial charge in [-0.05, 0) is 34.9 Å². The first-order chi connectivity index (χ1) is 7.70. The number of amides is 2. The summed E-state index contributed by atoms with van der Waals surface area (Å²) in [7, 11) is 3.86. The van der Waals surface area contributed by atoms with Gasteiger partial charge < -0.3 is 20.2 Å². The Morgan fingerprint density at radius 2 is 1.82 bits per heavy atom. The Balaban J connectivity index is 4.29. The quantitative estimate of drug-likeness (QED) is 0.712. The average Bonchev–Trinajstić information content (AvgIpc) is 2.22. The van der Waals surface area contributed by atoms with Crippen LogP contribution in [0, 0.1) is 0 Å². The highest BCUT2D eigenvalue weighted by Gasteiger charge is 2.23. The van der Waals surface area contributed by atoms with Crippen molar-refractivity contribution in [1.82, 2.24) is 15.1 Å². The fourth-order valence-corrected chi connectivity index (χ4v) is 1.05. The molecule has 0 aliphatic rings. The van der Waals surface area contributed by atoms with E-state index in [2.05, 4.69) is 5.32 Å². The number of carboxylic acids is 1. The molecule has 0 fully saturated rings. The lowest BCUT2D eigenvalue weighted by molar-refractivity contribution is -0.137. The Hall–Kier alpha value is -1.30. The van der Waals surface area contributed by atoms with E-state index in [9.17, 15) is 9.59 Å². The predicted molar refractivity (Wildman–Crippen MR) is 66.0 cm³/mol. The van der Waals surface area contributed by atoms with Gasteiger partial charge >= 0.3 is 12.0 Å². The molecule has 0 radical (unpaired) electrons. The Bertz CT molecular complexity index is 277. The summed E-state index contributed by atoms with van der Waals surface area (Å²) < 4.78 is 0. The molecule has 0 aromatic heterocycles. The molecule has 100 valence electrons. The molecular formula is C11H23N3O3. The molecule has 0 aromatic carbocycles. The van der Waals surface area contributed by atoms with Gasteiger partial charge in [-0.1, -0.05) is 0 Å². The van der Waals surface area contributed by atoms with Crippen LogP contribution >= 0.6 is 0 Å². The van der Waals surface area contributed by atoms with Crippen molar-refractivity contribution in [3.63, 3.8) is 0 Å². The summed E-state index contributed by atoms with van der Waals surface area (Å²) in [6.45, 7) is 6.32. The second kappa shape index (κ2) is 6.44. The number of carbonyl (C=O) groups excluding carboxylic acids is 1. The van der Waals surface area contributed by atoms with E-state index in [0.29, 0.717) is 13.1 Å². The molecule has 2 amide bonds. The molecule has 6 heteroatoms. The molecule has 0 rings (SSSR count). The van der Waals surface area contributed by atoms with Gasteiger partial charge in [0, 0.05) is 18.6 Å². The van der Waals surface area contributed by atoms with Crippen LogP contribution < -0.4 is 5.32 Å². The number of likely N-dealkylation sites (N-methyl/N-ethyl adjacent to an activating group) is 2. The van der Waals surface area contributed by atoms with E-state index >= 15 is 0 Å². The van der Waals surface area contributed by atoms with Gasteiger partial charge in [-0.3, -0.25) is 4.79 Å². The van der Waals surface area contributed by atoms with Crippen LogP contribution in [0.3, 0.4) is 0 Å². The molecule has 0 saturated carbocycles. The van der Waals surface area contributed by atoms with Gasteiger partial charge in [0.25, 0.3) is 0 Å². The van der Waals surface area contributed by atoms with E-state index in [1.54, 1.807) is 6.92 Å². The minimum Gasteiger partial charge on any atom is -0.480 e. The molecule has 6 nitrogen and oxygen atoms in total. The zero-order chi connectivity index (χ0) is 13.6. The highest BCUT2D eigenvalue weighted by atomic mass is 16.4.